The SMILES string of the molecule is CCNc1cc(F)cc2c1[nH]c1nc(Oc3cnc(C)nc3)nc(N3CC(=C(C)[C@H](C)N)C3)c12. The van der Waals surface area contributed by atoms with E-state index in [4.69, 9.17) is 15.5 Å². The lowest BCUT2D eigenvalue weighted by atomic mass is 9.97. The number of H-pyrrole nitrogens is 1. The van der Waals surface area contributed by atoms with Gasteiger partial charge in [0.15, 0.2) is 5.75 Å². The molecule has 1 aliphatic rings. The number of fused-ring (bicyclic) bond motifs is 3. The van der Waals surface area contributed by atoms with Gasteiger partial charge in [-0.25, -0.2) is 14.4 Å². The molecule has 0 radical (unpaired) electrons. The van der Waals surface area contributed by atoms with Crippen LogP contribution in [0, 0.1) is 12.7 Å². The predicted molar refractivity (Wildman–Crippen MR) is 131 cm³/mol. The van der Waals surface area contributed by atoms with Gasteiger partial charge in [-0.2, -0.15) is 9.97 Å². The van der Waals surface area contributed by atoms with Gasteiger partial charge in [-0.1, -0.05) is 5.57 Å². The molecule has 1 fully saturated rings. The summed E-state index contributed by atoms with van der Waals surface area (Å²) in [6, 6.07) is 3.15. The Balaban J connectivity index is 1.66. The van der Waals surface area contributed by atoms with E-state index in [1.165, 1.54) is 23.3 Å². The van der Waals surface area contributed by atoms with Crippen LogP contribution in [0.15, 0.2) is 35.7 Å². The van der Waals surface area contributed by atoms with Gasteiger partial charge >= 0.3 is 6.01 Å². The monoisotopic (exact) mass is 462 g/mol. The first-order valence-electron chi connectivity index (χ1n) is 11.3. The van der Waals surface area contributed by atoms with Crippen molar-refractivity contribution in [1.82, 2.24) is 24.9 Å². The molecule has 1 aliphatic heterocycles. The summed E-state index contributed by atoms with van der Waals surface area (Å²) < 4.78 is 20.4. The summed E-state index contributed by atoms with van der Waals surface area (Å²) >= 11 is 0. The van der Waals surface area contributed by atoms with E-state index in [0.717, 1.165) is 10.9 Å². The van der Waals surface area contributed by atoms with Gasteiger partial charge in [-0.3, -0.25) is 0 Å². The number of hydrogen-bond donors (Lipinski definition) is 3. The third kappa shape index (κ3) is 3.90. The molecular weight excluding hydrogens is 435 g/mol. The molecule has 34 heavy (non-hydrogen) atoms. The second-order valence-electron chi connectivity index (χ2n) is 8.58. The fraction of sp³-hybridized carbons (Fsp3) is 0.333. The molecule has 0 spiro atoms. The molecule has 0 bridgehead atoms. The van der Waals surface area contributed by atoms with Crippen LogP contribution in [0.1, 0.15) is 26.6 Å². The van der Waals surface area contributed by atoms with Crippen molar-refractivity contribution in [3.63, 3.8) is 0 Å². The Morgan fingerprint density at radius 1 is 1.26 bits per heavy atom. The van der Waals surface area contributed by atoms with Gasteiger partial charge in [0.05, 0.1) is 29.0 Å². The van der Waals surface area contributed by atoms with Gasteiger partial charge in [0.25, 0.3) is 0 Å². The number of hydrogen-bond acceptors (Lipinski definition) is 8. The molecule has 1 aromatic carbocycles. The third-order valence-corrected chi connectivity index (χ3v) is 6.12. The first-order valence-corrected chi connectivity index (χ1v) is 11.3. The zero-order valence-corrected chi connectivity index (χ0v) is 19.6. The molecule has 4 aromatic rings. The molecule has 3 aromatic heterocycles. The van der Waals surface area contributed by atoms with Gasteiger partial charge in [0.1, 0.15) is 23.1 Å². The molecule has 1 saturated heterocycles. The Morgan fingerprint density at radius 3 is 2.68 bits per heavy atom. The molecule has 10 heteroatoms. The Bertz CT molecular complexity index is 1400. The van der Waals surface area contributed by atoms with Crippen LogP contribution in [-0.2, 0) is 0 Å². The molecule has 4 N–H and O–H groups in total. The van der Waals surface area contributed by atoms with Crippen molar-refractivity contribution >= 4 is 33.4 Å². The summed E-state index contributed by atoms with van der Waals surface area (Å²) in [6.45, 7) is 9.84. The standard InChI is InChI=1S/C24H27FN8O/c1-5-27-19-7-16(25)6-18-20-22(30-21(18)19)31-24(34-17-8-28-14(4)29-9-17)32-23(20)33-10-15(11-33)12(2)13(3)26/h6-9,13,27H,5,10-11,26H2,1-4H3,(H,30,31,32)/t13-/m0/s1. The van der Waals surface area contributed by atoms with E-state index in [-0.39, 0.29) is 17.9 Å². The van der Waals surface area contributed by atoms with Crippen LogP contribution >= 0.6 is 0 Å². The fourth-order valence-corrected chi connectivity index (χ4v) is 4.10. The summed E-state index contributed by atoms with van der Waals surface area (Å²) in [5.74, 6) is 1.42. The summed E-state index contributed by atoms with van der Waals surface area (Å²) in [7, 11) is 0. The van der Waals surface area contributed by atoms with Crippen LogP contribution < -0.4 is 20.7 Å². The van der Waals surface area contributed by atoms with E-state index >= 15 is 0 Å². The van der Waals surface area contributed by atoms with Gasteiger partial charge in [-0.15, -0.1) is 0 Å². The highest BCUT2D eigenvalue weighted by Gasteiger charge is 2.29. The first kappa shape index (κ1) is 22.0. The summed E-state index contributed by atoms with van der Waals surface area (Å²) in [5.41, 5.74) is 10.5. The summed E-state index contributed by atoms with van der Waals surface area (Å²) in [5, 5.41) is 4.69. The molecule has 0 unspecified atom stereocenters. The Kier molecular flexibility index (Phi) is 5.52. The lowest BCUT2D eigenvalue weighted by molar-refractivity contribution is 0.438. The van der Waals surface area contributed by atoms with Gasteiger partial charge in [0, 0.05) is 31.1 Å². The van der Waals surface area contributed by atoms with Crippen molar-refractivity contribution in [2.24, 2.45) is 5.73 Å². The van der Waals surface area contributed by atoms with Crippen molar-refractivity contribution in [1.29, 1.82) is 0 Å². The molecular formula is C24H27FN8O. The van der Waals surface area contributed by atoms with Crippen molar-refractivity contribution in [3.05, 3.63) is 47.3 Å². The molecule has 4 heterocycles. The number of benzene rings is 1. The topological polar surface area (TPSA) is 118 Å². The van der Waals surface area contributed by atoms with Crippen LogP contribution in [-0.4, -0.2) is 50.6 Å². The van der Waals surface area contributed by atoms with Crippen LogP contribution in [0.25, 0.3) is 21.9 Å². The lowest BCUT2D eigenvalue weighted by Gasteiger charge is -2.37. The molecule has 176 valence electrons. The second-order valence-corrected chi connectivity index (χ2v) is 8.58. The Morgan fingerprint density at radius 2 is 2.00 bits per heavy atom. The molecule has 0 aliphatic carbocycles. The minimum Gasteiger partial charge on any atom is -0.421 e. The molecule has 0 amide bonds. The maximum Gasteiger partial charge on any atom is 0.326 e. The molecule has 1 atom stereocenters. The number of rotatable bonds is 6. The van der Waals surface area contributed by atoms with Crippen LogP contribution in [0.5, 0.6) is 11.8 Å². The highest BCUT2D eigenvalue weighted by Crippen LogP contribution is 2.39. The number of nitrogens with two attached hydrogens (primary N) is 1. The average Bonchev–Trinajstić information content (AvgIpc) is 3.13. The quantitative estimate of drug-likeness (QED) is 0.367. The van der Waals surface area contributed by atoms with Crippen LogP contribution in [0.2, 0.25) is 0 Å². The van der Waals surface area contributed by atoms with Crippen LogP contribution in [0.3, 0.4) is 0 Å². The molecule has 9 nitrogen and oxygen atoms in total. The maximum atomic E-state index is 14.5. The van der Waals surface area contributed by atoms with E-state index in [1.54, 1.807) is 19.3 Å². The highest BCUT2D eigenvalue weighted by molar-refractivity contribution is 6.14. The largest absolute Gasteiger partial charge is 0.421 e. The zero-order valence-electron chi connectivity index (χ0n) is 19.6. The number of nitrogens with zero attached hydrogens (tertiary/aromatic N) is 5. The normalized spacial score (nSPS) is 14.4. The number of halogens is 1. The minimum absolute atomic E-state index is 0.00661. The summed E-state index contributed by atoms with van der Waals surface area (Å²) in [6.07, 6.45) is 3.16. The zero-order chi connectivity index (χ0) is 24.0. The van der Waals surface area contributed by atoms with Crippen molar-refractivity contribution in [3.8, 4) is 11.8 Å². The lowest BCUT2D eigenvalue weighted by Crippen LogP contribution is -2.43. The highest BCUT2D eigenvalue weighted by atomic mass is 19.1. The van der Waals surface area contributed by atoms with E-state index < -0.39 is 0 Å². The number of ether oxygens (including phenoxy) is 1. The number of anilines is 2. The summed E-state index contributed by atoms with van der Waals surface area (Å²) in [4.78, 5) is 23.1. The number of aromatic nitrogens is 5. The number of aryl methyl sites for hydroxylation is 1. The Hall–Kier alpha value is -3.79. The Labute approximate surface area is 196 Å². The van der Waals surface area contributed by atoms with E-state index in [0.29, 0.717) is 53.7 Å². The number of aromatic amines is 1. The minimum atomic E-state index is -0.329. The van der Waals surface area contributed by atoms with E-state index in [9.17, 15) is 4.39 Å². The van der Waals surface area contributed by atoms with Gasteiger partial charge in [0.2, 0.25) is 0 Å². The van der Waals surface area contributed by atoms with Gasteiger partial charge in [-0.05, 0) is 45.4 Å². The van der Waals surface area contributed by atoms with Crippen molar-refractivity contribution < 1.29 is 9.13 Å². The first-order chi connectivity index (χ1) is 16.3. The predicted octanol–water partition coefficient (Wildman–Crippen LogP) is 4.06. The van der Waals surface area contributed by atoms with Gasteiger partial charge < -0.3 is 25.7 Å². The maximum absolute atomic E-state index is 14.5. The third-order valence-electron chi connectivity index (χ3n) is 6.12. The molecule has 5 rings (SSSR count). The van der Waals surface area contributed by atoms with E-state index in [2.05, 4.69) is 37.1 Å². The molecule has 0 saturated carbocycles. The second kappa shape index (κ2) is 8.53. The fourth-order valence-electron chi connectivity index (χ4n) is 4.10. The van der Waals surface area contributed by atoms with Crippen LogP contribution in [0.4, 0.5) is 15.9 Å². The average molecular weight is 463 g/mol. The van der Waals surface area contributed by atoms with Crippen molar-refractivity contribution in [2.75, 3.05) is 29.9 Å². The van der Waals surface area contributed by atoms with Crippen molar-refractivity contribution in [2.45, 2.75) is 33.7 Å². The smallest absolute Gasteiger partial charge is 0.326 e. The number of nitrogens with one attached hydrogen (secondary N) is 2. The van der Waals surface area contributed by atoms with E-state index in [1.807, 2.05) is 13.8 Å².